The van der Waals surface area contributed by atoms with Gasteiger partial charge in [0.05, 0.1) is 16.8 Å². The number of amides is 2. The van der Waals surface area contributed by atoms with E-state index in [4.69, 9.17) is 5.73 Å². The fourth-order valence-corrected chi connectivity index (χ4v) is 4.19. The predicted octanol–water partition coefficient (Wildman–Crippen LogP) is 3.90. The molecule has 2 N–H and O–H groups in total. The molecule has 3 rings (SSSR count). The Morgan fingerprint density at radius 2 is 1.67 bits per heavy atom. The second-order valence-electron chi connectivity index (χ2n) is 4.79. The second-order valence-corrected chi connectivity index (χ2v) is 6.50. The fraction of sp³-hybridized carbons (Fsp3) is 0.0667. The molecule has 0 fully saturated rings. The number of imide groups is 1. The molecule has 4 nitrogen and oxygen atoms in total. The summed E-state index contributed by atoms with van der Waals surface area (Å²) in [5, 5.41) is 0. The van der Waals surface area contributed by atoms with Crippen LogP contribution < -0.4 is 10.6 Å². The molecule has 1 heterocycles. The summed E-state index contributed by atoms with van der Waals surface area (Å²) >= 11 is 6.84. The van der Waals surface area contributed by atoms with Crippen LogP contribution in [0.4, 0.5) is 11.4 Å². The van der Waals surface area contributed by atoms with Crippen LogP contribution in [-0.4, -0.2) is 11.8 Å². The molecule has 2 aromatic rings. The highest BCUT2D eigenvalue weighted by atomic mass is 79.9. The maximum atomic E-state index is 12.6. The molecule has 21 heavy (non-hydrogen) atoms. The van der Waals surface area contributed by atoms with Gasteiger partial charge in [0.15, 0.2) is 0 Å². The van der Waals surface area contributed by atoms with Gasteiger partial charge in [-0.25, -0.2) is 4.90 Å². The van der Waals surface area contributed by atoms with Gasteiger partial charge in [-0.1, -0.05) is 6.07 Å². The predicted molar refractivity (Wildman–Crippen MR) is 88.6 cm³/mol. The minimum Gasteiger partial charge on any atom is -0.398 e. The Hall–Kier alpha value is -1.66. The molecule has 6 heteroatoms. The first-order valence-corrected chi connectivity index (χ1v) is 7.73. The molecule has 0 spiro atoms. The summed E-state index contributed by atoms with van der Waals surface area (Å²) in [4.78, 5) is 26.3. The van der Waals surface area contributed by atoms with Crippen molar-refractivity contribution >= 4 is 55.0 Å². The number of benzene rings is 2. The van der Waals surface area contributed by atoms with Crippen molar-refractivity contribution in [2.24, 2.45) is 0 Å². The fourth-order valence-electron chi connectivity index (χ4n) is 2.42. The smallest absolute Gasteiger partial charge is 0.268 e. The van der Waals surface area contributed by atoms with Crippen LogP contribution in [0, 0.1) is 6.92 Å². The van der Waals surface area contributed by atoms with Crippen molar-refractivity contribution < 1.29 is 9.59 Å². The highest BCUT2D eigenvalue weighted by Crippen LogP contribution is 2.40. The van der Waals surface area contributed by atoms with E-state index in [2.05, 4.69) is 31.9 Å². The van der Waals surface area contributed by atoms with Gasteiger partial charge in [0, 0.05) is 14.6 Å². The number of halogens is 2. The van der Waals surface area contributed by atoms with Gasteiger partial charge < -0.3 is 5.73 Å². The zero-order valence-electron chi connectivity index (χ0n) is 11.0. The Balaban J connectivity index is 2.22. The van der Waals surface area contributed by atoms with E-state index in [0.29, 0.717) is 25.9 Å². The lowest BCUT2D eigenvalue weighted by Crippen LogP contribution is -2.30. The zero-order chi connectivity index (χ0) is 15.3. The van der Waals surface area contributed by atoms with Crippen molar-refractivity contribution in [3.63, 3.8) is 0 Å². The van der Waals surface area contributed by atoms with Crippen LogP contribution in [0.25, 0.3) is 0 Å². The second kappa shape index (κ2) is 4.96. The van der Waals surface area contributed by atoms with Gasteiger partial charge in [0.1, 0.15) is 0 Å². The van der Waals surface area contributed by atoms with Crippen LogP contribution >= 0.6 is 31.9 Å². The average molecular weight is 410 g/mol. The number of fused-ring (bicyclic) bond motifs is 1. The molecule has 1 aliphatic heterocycles. The number of carbonyl (C=O) groups excluding carboxylic acids is 2. The maximum absolute atomic E-state index is 12.6. The van der Waals surface area contributed by atoms with Gasteiger partial charge in [0.2, 0.25) is 0 Å². The normalized spacial score (nSPS) is 13.8. The summed E-state index contributed by atoms with van der Waals surface area (Å²) in [7, 11) is 0. The van der Waals surface area contributed by atoms with E-state index in [1.807, 2.05) is 19.1 Å². The van der Waals surface area contributed by atoms with Crippen LogP contribution in [0.3, 0.4) is 0 Å². The number of carbonyl (C=O) groups is 2. The first-order chi connectivity index (χ1) is 9.91. The Labute approximate surface area is 138 Å². The third-order valence-corrected chi connectivity index (χ3v) is 4.54. The average Bonchev–Trinajstić information content (AvgIpc) is 2.64. The number of hydrogen-bond donors (Lipinski definition) is 1. The summed E-state index contributed by atoms with van der Waals surface area (Å²) in [5.74, 6) is -0.772. The van der Waals surface area contributed by atoms with E-state index in [1.54, 1.807) is 18.2 Å². The van der Waals surface area contributed by atoms with Crippen molar-refractivity contribution in [2.75, 3.05) is 10.6 Å². The lowest BCUT2D eigenvalue weighted by atomic mass is 10.1. The summed E-state index contributed by atoms with van der Waals surface area (Å²) < 4.78 is 1.34. The number of aryl methyl sites for hydroxylation is 1. The zero-order valence-corrected chi connectivity index (χ0v) is 14.2. The number of nitrogens with two attached hydrogens (primary N) is 1. The van der Waals surface area contributed by atoms with Crippen LogP contribution in [-0.2, 0) is 0 Å². The third kappa shape index (κ3) is 2.10. The molecule has 0 atom stereocenters. The minimum atomic E-state index is -0.404. The van der Waals surface area contributed by atoms with Crippen LogP contribution in [0.15, 0.2) is 39.3 Å². The number of anilines is 2. The van der Waals surface area contributed by atoms with Gasteiger partial charge in [0.25, 0.3) is 11.8 Å². The Bertz CT molecular complexity index is 779. The van der Waals surface area contributed by atoms with Crippen molar-refractivity contribution in [3.8, 4) is 0 Å². The Morgan fingerprint density at radius 3 is 2.24 bits per heavy atom. The minimum absolute atomic E-state index is 0.266. The van der Waals surface area contributed by atoms with Gasteiger partial charge in [-0.05, 0) is 68.6 Å². The van der Waals surface area contributed by atoms with E-state index >= 15 is 0 Å². The monoisotopic (exact) mass is 408 g/mol. The van der Waals surface area contributed by atoms with Crippen LogP contribution in [0.1, 0.15) is 26.3 Å². The highest BCUT2D eigenvalue weighted by molar-refractivity contribution is 9.11. The molecular formula is C15H10Br2N2O2. The molecule has 0 unspecified atom stereocenters. The molecule has 106 valence electrons. The largest absolute Gasteiger partial charge is 0.398 e. The molecule has 0 bridgehead atoms. The van der Waals surface area contributed by atoms with E-state index in [0.717, 1.165) is 10.5 Å². The van der Waals surface area contributed by atoms with Crippen molar-refractivity contribution in [2.45, 2.75) is 6.92 Å². The van der Waals surface area contributed by atoms with Crippen molar-refractivity contribution in [1.29, 1.82) is 0 Å². The molecule has 2 amide bonds. The van der Waals surface area contributed by atoms with Gasteiger partial charge >= 0.3 is 0 Å². The summed E-state index contributed by atoms with van der Waals surface area (Å²) in [6.07, 6.45) is 0. The lowest BCUT2D eigenvalue weighted by molar-refractivity contribution is 0.0926. The van der Waals surface area contributed by atoms with Crippen molar-refractivity contribution in [1.82, 2.24) is 0 Å². The van der Waals surface area contributed by atoms with Gasteiger partial charge in [-0.15, -0.1) is 0 Å². The first-order valence-electron chi connectivity index (χ1n) is 6.14. The Morgan fingerprint density at radius 1 is 1.05 bits per heavy atom. The number of hydrogen-bond acceptors (Lipinski definition) is 3. The quantitative estimate of drug-likeness (QED) is 0.573. The van der Waals surface area contributed by atoms with E-state index in [9.17, 15) is 9.59 Å². The molecule has 0 aromatic heterocycles. The van der Waals surface area contributed by atoms with E-state index < -0.39 is 5.91 Å². The maximum Gasteiger partial charge on any atom is 0.268 e. The first kappa shape index (κ1) is 14.3. The summed E-state index contributed by atoms with van der Waals surface area (Å²) in [5.41, 5.74) is 8.25. The molecule has 2 aromatic carbocycles. The molecule has 0 aliphatic carbocycles. The van der Waals surface area contributed by atoms with Gasteiger partial charge in [-0.3, -0.25) is 9.59 Å². The lowest BCUT2D eigenvalue weighted by Gasteiger charge is -2.18. The molecule has 0 saturated heterocycles. The van der Waals surface area contributed by atoms with E-state index in [1.165, 1.54) is 0 Å². The summed E-state index contributed by atoms with van der Waals surface area (Å²) in [6.45, 7) is 1.93. The third-order valence-electron chi connectivity index (χ3n) is 3.33. The standard InChI is InChI=1S/C15H10Br2N2O2/c1-7-5-9(16)13(10(17)6-7)19-14(20)8-3-2-4-11(18)12(8)15(19)21/h2-6H,18H2,1H3. The van der Waals surface area contributed by atoms with Crippen LogP contribution in [0.2, 0.25) is 0 Å². The Kier molecular flexibility index (Phi) is 3.37. The molecular weight excluding hydrogens is 400 g/mol. The molecule has 0 saturated carbocycles. The molecule has 1 aliphatic rings. The van der Waals surface area contributed by atoms with Crippen molar-refractivity contribution in [3.05, 3.63) is 56.0 Å². The SMILES string of the molecule is Cc1cc(Br)c(N2C(=O)c3cccc(N)c3C2=O)c(Br)c1. The van der Waals surface area contributed by atoms with Gasteiger partial charge in [-0.2, -0.15) is 0 Å². The number of nitrogens with zero attached hydrogens (tertiary/aromatic N) is 1. The highest BCUT2D eigenvalue weighted by Gasteiger charge is 2.39. The molecule has 0 radical (unpaired) electrons. The summed E-state index contributed by atoms with van der Waals surface area (Å²) in [6, 6.07) is 8.61. The number of rotatable bonds is 1. The van der Waals surface area contributed by atoms with E-state index in [-0.39, 0.29) is 11.5 Å². The van der Waals surface area contributed by atoms with Crippen LogP contribution in [0.5, 0.6) is 0 Å². The topological polar surface area (TPSA) is 63.4 Å². The number of nitrogen functional groups attached to an aromatic ring is 1.